The van der Waals surface area contributed by atoms with Crippen LogP contribution in [0.5, 0.6) is 5.75 Å². The lowest BCUT2D eigenvalue weighted by atomic mass is 9.86. The first kappa shape index (κ1) is 18.1. The number of para-hydroxylation sites is 1. The zero-order valence-electron chi connectivity index (χ0n) is 13.1. The maximum absolute atomic E-state index is 5.84. The summed E-state index contributed by atoms with van der Waals surface area (Å²) in [4.78, 5) is 4.27. The van der Waals surface area contributed by atoms with Crippen molar-refractivity contribution in [1.82, 2.24) is 5.32 Å². The monoisotopic (exact) mass is 403 g/mol. The predicted octanol–water partition coefficient (Wildman–Crippen LogP) is 3.05. The van der Waals surface area contributed by atoms with Gasteiger partial charge in [0.05, 0.1) is 6.54 Å². The summed E-state index contributed by atoms with van der Waals surface area (Å²) in [5.41, 5.74) is 7.07. The first-order valence-corrected chi connectivity index (χ1v) is 7.25. The number of hydrogen-bond acceptors (Lipinski definition) is 2. The van der Waals surface area contributed by atoms with E-state index < -0.39 is 0 Å². The Bertz CT molecular complexity index is 479. The number of nitrogens with one attached hydrogen (secondary N) is 1. The van der Waals surface area contributed by atoms with Gasteiger partial charge < -0.3 is 15.8 Å². The van der Waals surface area contributed by atoms with Gasteiger partial charge in [0.2, 0.25) is 0 Å². The van der Waals surface area contributed by atoms with Gasteiger partial charge in [-0.25, -0.2) is 4.99 Å². The summed E-state index contributed by atoms with van der Waals surface area (Å²) in [5.74, 6) is 1.46. The largest absolute Gasteiger partial charge is 0.491 e. The molecule has 0 aliphatic heterocycles. The molecule has 118 valence electrons. The second-order valence-corrected chi connectivity index (χ2v) is 6.28. The molecule has 0 spiro atoms. The summed E-state index contributed by atoms with van der Waals surface area (Å²) < 4.78 is 5.84. The number of nitrogens with two attached hydrogens (primary N) is 1. The fourth-order valence-corrected chi connectivity index (χ4v) is 2.02. The Labute approximate surface area is 144 Å². The van der Waals surface area contributed by atoms with E-state index in [4.69, 9.17) is 10.5 Å². The summed E-state index contributed by atoms with van der Waals surface area (Å²) in [7, 11) is 0. The summed E-state index contributed by atoms with van der Waals surface area (Å²) in [6, 6.07) is 8.71. The van der Waals surface area contributed by atoms with E-state index in [1.54, 1.807) is 0 Å². The lowest BCUT2D eigenvalue weighted by molar-refractivity contribution is 0.319. The van der Waals surface area contributed by atoms with E-state index in [0.29, 0.717) is 25.2 Å². The number of nitrogens with zero attached hydrogens (tertiary/aromatic N) is 1. The van der Waals surface area contributed by atoms with Crippen molar-refractivity contribution in [2.24, 2.45) is 10.7 Å². The maximum atomic E-state index is 5.84. The van der Waals surface area contributed by atoms with Crippen molar-refractivity contribution in [2.75, 3.05) is 13.2 Å². The molecule has 3 N–H and O–H groups in total. The summed E-state index contributed by atoms with van der Waals surface area (Å²) in [6.07, 6.45) is 2.40. The van der Waals surface area contributed by atoms with Gasteiger partial charge in [0.15, 0.2) is 5.96 Å². The van der Waals surface area contributed by atoms with E-state index in [2.05, 4.69) is 37.1 Å². The standard InChI is InChI=1S/C16H25N3O.HI/c1-16(2,3)13-6-4-5-7-14(13)20-11-10-18-15(17)19-12-8-9-12;/h4-7,12H,8-11H2,1-3H3,(H3,17,18,19);1H. The molecule has 2 rings (SSSR count). The molecule has 0 radical (unpaired) electrons. The van der Waals surface area contributed by atoms with Crippen LogP contribution in [-0.4, -0.2) is 25.2 Å². The third-order valence-electron chi connectivity index (χ3n) is 3.26. The molecule has 0 bridgehead atoms. The fourth-order valence-electron chi connectivity index (χ4n) is 2.02. The molecular weight excluding hydrogens is 377 g/mol. The first-order valence-electron chi connectivity index (χ1n) is 7.25. The van der Waals surface area contributed by atoms with Crippen molar-refractivity contribution in [2.45, 2.75) is 45.1 Å². The molecule has 1 aliphatic carbocycles. The van der Waals surface area contributed by atoms with Gasteiger partial charge >= 0.3 is 0 Å². The molecule has 0 heterocycles. The van der Waals surface area contributed by atoms with Gasteiger partial charge in [-0.2, -0.15) is 0 Å². The Balaban J connectivity index is 0.00000220. The van der Waals surface area contributed by atoms with Crippen LogP contribution in [0.1, 0.15) is 39.2 Å². The van der Waals surface area contributed by atoms with Gasteiger partial charge in [0.1, 0.15) is 12.4 Å². The highest BCUT2D eigenvalue weighted by Gasteiger charge is 2.21. The summed E-state index contributed by atoms with van der Waals surface area (Å²) in [6.45, 7) is 7.67. The van der Waals surface area contributed by atoms with Crippen LogP contribution in [0, 0.1) is 0 Å². The van der Waals surface area contributed by atoms with Crippen LogP contribution in [0.3, 0.4) is 0 Å². The van der Waals surface area contributed by atoms with Gasteiger partial charge in [0.25, 0.3) is 0 Å². The quantitative estimate of drug-likeness (QED) is 0.344. The van der Waals surface area contributed by atoms with E-state index in [9.17, 15) is 0 Å². The van der Waals surface area contributed by atoms with Crippen LogP contribution in [0.2, 0.25) is 0 Å². The van der Waals surface area contributed by atoms with Crippen LogP contribution in [0.15, 0.2) is 29.3 Å². The second-order valence-electron chi connectivity index (χ2n) is 6.28. The Morgan fingerprint density at radius 1 is 1.33 bits per heavy atom. The Morgan fingerprint density at radius 2 is 2.00 bits per heavy atom. The lowest BCUT2D eigenvalue weighted by Gasteiger charge is -2.22. The van der Waals surface area contributed by atoms with Crippen molar-refractivity contribution < 1.29 is 4.74 Å². The van der Waals surface area contributed by atoms with Crippen molar-refractivity contribution in [3.63, 3.8) is 0 Å². The molecule has 0 unspecified atom stereocenters. The third-order valence-corrected chi connectivity index (χ3v) is 3.26. The molecule has 5 heteroatoms. The lowest BCUT2D eigenvalue weighted by Crippen LogP contribution is -2.33. The van der Waals surface area contributed by atoms with Crippen LogP contribution in [0.4, 0.5) is 0 Å². The van der Waals surface area contributed by atoms with E-state index in [0.717, 1.165) is 5.75 Å². The van der Waals surface area contributed by atoms with Crippen LogP contribution in [-0.2, 0) is 5.41 Å². The van der Waals surface area contributed by atoms with Gasteiger partial charge in [0, 0.05) is 6.04 Å². The van der Waals surface area contributed by atoms with E-state index in [1.165, 1.54) is 18.4 Å². The number of guanidine groups is 1. The molecular formula is C16H26IN3O. The molecule has 1 aliphatic rings. The van der Waals surface area contributed by atoms with Crippen molar-refractivity contribution >= 4 is 29.9 Å². The smallest absolute Gasteiger partial charge is 0.188 e. The van der Waals surface area contributed by atoms with Crippen LogP contribution < -0.4 is 15.8 Å². The fraction of sp³-hybridized carbons (Fsp3) is 0.562. The number of hydrogen-bond donors (Lipinski definition) is 2. The number of benzene rings is 1. The van der Waals surface area contributed by atoms with E-state index in [-0.39, 0.29) is 29.4 Å². The zero-order valence-corrected chi connectivity index (χ0v) is 15.4. The first-order chi connectivity index (χ1) is 9.47. The molecule has 0 aromatic heterocycles. The van der Waals surface area contributed by atoms with Gasteiger partial charge in [-0.3, -0.25) is 0 Å². The molecule has 0 atom stereocenters. The number of rotatable bonds is 5. The molecule has 0 amide bonds. The number of halogens is 1. The molecule has 1 aromatic carbocycles. The Morgan fingerprint density at radius 3 is 2.62 bits per heavy atom. The minimum atomic E-state index is 0. The summed E-state index contributed by atoms with van der Waals surface area (Å²) in [5, 5.41) is 3.16. The average Bonchev–Trinajstić information content (AvgIpc) is 3.18. The average molecular weight is 403 g/mol. The zero-order chi connectivity index (χ0) is 14.6. The highest BCUT2D eigenvalue weighted by Crippen LogP contribution is 2.30. The minimum absolute atomic E-state index is 0. The highest BCUT2D eigenvalue weighted by atomic mass is 127. The Kier molecular flexibility index (Phi) is 6.77. The maximum Gasteiger partial charge on any atom is 0.188 e. The van der Waals surface area contributed by atoms with Crippen LogP contribution in [0.25, 0.3) is 0 Å². The van der Waals surface area contributed by atoms with Crippen molar-refractivity contribution in [3.05, 3.63) is 29.8 Å². The minimum Gasteiger partial charge on any atom is -0.491 e. The van der Waals surface area contributed by atoms with Gasteiger partial charge in [-0.05, 0) is 29.9 Å². The second kappa shape index (κ2) is 7.87. The predicted molar refractivity (Wildman–Crippen MR) is 98.7 cm³/mol. The normalized spacial score (nSPS) is 15.3. The highest BCUT2D eigenvalue weighted by molar-refractivity contribution is 14.0. The van der Waals surface area contributed by atoms with Gasteiger partial charge in [-0.1, -0.05) is 39.0 Å². The van der Waals surface area contributed by atoms with E-state index >= 15 is 0 Å². The molecule has 1 saturated carbocycles. The van der Waals surface area contributed by atoms with Gasteiger partial charge in [-0.15, -0.1) is 24.0 Å². The third kappa shape index (κ3) is 6.11. The number of ether oxygens (including phenoxy) is 1. The molecule has 21 heavy (non-hydrogen) atoms. The van der Waals surface area contributed by atoms with E-state index in [1.807, 2.05) is 18.2 Å². The van der Waals surface area contributed by atoms with Crippen LogP contribution >= 0.6 is 24.0 Å². The SMILES string of the molecule is CC(C)(C)c1ccccc1OCCN=C(N)NC1CC1.I. The molecule has 0 saturated heterocycles. The Hall–Kier alpha value is -0.980. The molecule has 4 nitrogen and oxygen atoms in total. The topological polar surface area (TPSA) is 59.6 Å². The number of aliphatic imine (C=N–C) groups is 1. The van der Waals surface area contributed by atoms with Crippen molar-refractivity contribution in [3.8, 4) is 5.75 Å². The molecule has 1 aromatic rings. The van der Waals surface area contributed by atoms with Crippen molar-refractivity contribution in [1.29, 1.82) is 0 Å². The molecule has 1 fully saturated rings. The summed E-state index contributed by atoms with van der Waals surface area (Å²) >= 11 is 0.